The van der Waals surface area contributed by atoms with Gasteiger partial charge < -0.3 is 5.73 Å². The third-order valence-electron chi connectivity index (χ3n) is 1.94. The highest BCUT2D eigenvalue weighted by Gasteiger charge is 2.06. The first-order chi connectivity index (χ1) is 5.20. The van der Waals surface area contributed by atoms with Crippen LogP contribution in [0.3, 0.4) is 0 Å². The van der Waals surface area contributed by atoms with Crippen molar-refractivity contribution in [1.82, 2.24) is 0 Å². The maximum atomic E-state index is 5.92. The van der Waals surface area contributed by atoms with E-state index in [2.05, 4.69) is 20.8 Å². The van der Waals surface area contributed by atoms with Gasteiger partial charge >= 0.3 is 0 Å². The molecule has 2 heteroatoms. The van der Waals surface area contributed by atoms with Gasteiger partial charge in [0.05, 0.1) is 0 Å². The van der Waals surface area contributed by atoms with E-state index < -0.39 is 0 Å². The third-order valence-corrected chi connectivity index (χ3v) is 3.01. The second-order valence-electron chi connectivity index (χ2n) is 3.17. The van der Waals surface area contributed by atoms with Crippen molar-refractivity contribution in [3.63, 3.8) is 0 Å². The molecule has 0 aromatic rings. The molecule has 0 fully saturated rings. The third kappa shape index (κ3) is 6.70. The molecule has 0 saturated heterocycles. The minimum Gasteiger partial charge on any atom is -0.327 e. The Morgan fingerprint density at radius 2 is 2.00 bits per heavy atom. The second kappa shape index (κ2) is 6.99. The smallest absolute Gasteiger partial charge is 0.0132 e. The van der Waals surface area contributed by atoms with Crippen LogP contribution >= 0.6 is 11.8 Å². The van der Waals surface area contributed by atoms with Crippen molar-refractivity contribution in [2.24, 2.45) is 11.7 Å². The number of rotatable bonds is 6. The van der Waals surface area contributed by atoms with Crippen LogP contribution in [-0.2, 0) is 0 Å². The maximum Gasteiger partial charge on any atom is 0.0132 e. The summed E-state index contributed by atoms with van der Waals surface area (Å²) in [6.07, 6.45) is 2.44. The van der Waals surface area contributed by atoms with E-state index in [9.17, 15) is 0 Å². The lowest BCUT2D eigenvalue weighted by Gasteiger charge is -2.14. The summed E-state index contributed by atoms with van der Waals surface area (Å²) < 4.78 is 0. The molecule has 0 heterocycles. The first kappa shape index (κ1) is 11.3. The van der Waals surface area contributed by atoms with Crippen LogP contribution in [0, 0.1) is 5.92 Å². The first-order valence-electron chi connectivity index (χ1n) is 4.54. The second-order valence-corrected chi connectivity index (χ2v) is 4.49. The van der Waals surface area contributed by atoms with Gasteiger partial charge in [0.25, 0.3) is 0 Å². The predicted octanol–water partition coefficient (Wildman–Crippen LogP) is 2.50. The fraction of sp³-hybridized carbons (Fsp3) is 1.00. The quantitative estimate of drug-likeness (QED) is 0.671. The molecule has 2 unspecified atom stereocenters. The normalized spacial score (nSPS) is 16.4. The van der Waals surface area contributed by atoms with E-state index in [0.717, 1.165) is 11.7 Å². The van der Waals surface area contributed by atoms with Crippen LogP contribution in [0.15, 0.2) is 0 Å². The van der Waals surface area contributed by atoms with E-state index in [1.807, 2.05) is 11.8 Å². The van der Waals surface area contributed by atoms with Gasteiger partial charge in [-0.3, -0.25) is 0 Å². The highest BCUT2D eigenvalue weighted by atomic mass is 32.2. The number of nitrogens with two attached hydrogens (primary N) is 1. The summed E-state index contributed by atoms with van der Waals surface area (Å²) in [4.78, 5) is 0. The van der Waals surface area contributed by atoms with E-state index in [4.69, 9.17) is 5.73 Å². The molecule has 0 aliphatic heterocycles. The van der Waals surface area contributed by atoms with E-state index in [1.165, 1.54) is 18.6 Å². The van der Waals surface area contributed by atoms with Crippen LogP contribution in [0.1, 0.15) is 33.6 Å². The molecule has 0 bridgehead atoms. The van der Waals surface area contributed by atoms with E-state index in [1.54, 1.807) is 0 Å². The van der Waals surface area contributed by atoms with Gasteiger partial charge in [-0.15, -0.1) is 0 Å². The zero-order valence-electron chi connectivity index (χ0n) is 7.97. The van der Waals surface area contributed by atoms with Gasteiger partial charge in [0, 0.05) is 11.8 Å². The molecular formula is C9H21NS. The Morgan fingerprint density at radius 1 is 1.36 bits per heavy atom. The molecule has 0 aliphatic carbocycles. The minimum absolute atomic E-state index is 0.412. The van der Waals surface area contributed by atoms with Crippen molar-refractivity contribution in [3.05, 3.63) is 0 Å². The monoisotopic (exact) mass is 175 g/mol. The summed E-state index contributed by atoms with van der Waals surface area (Å²) in [5.41, 5.74) is 5.92. The molecule has 0 rings (SSSR count). The Hall–Kier alpha value is 0.310. The molecule has 0 aromatic heterocycles. The molecule has 68 valence electrons. The SMILES string of the molecule is CCSCC(N)CC(C)CC. The molecule has 2 atom stereocenters. The zero-order valence-corrected chi connectivity index (χ0v) is 8.79. The highest BCUT2D eigenvalue weighted by Crippen LogP contribution is 2.11. The summed E-state index contributed by atoms with van der Waals surface area (Å²) in [6.45, 7) is 6.68. The average molecular weight is 175 g/mol. The Bertz CT molecular complexity index is 85.6. The molecule has 0 radical (unpaired) electrons. The maximum absolute atomic E-state index is 5.92. The van der Waals surface area contributed by atoms with E-state index in [-0.39, 0.29) is 0 Å². The summed E-state index contributed by atoms with van der Waals surface area (Å²) in [6, 6.07) is 0.412. The molecule has 0 aromatic carbocycles. The van der Waals surface area contributed by atoms with Gasteiger partial charge in [-0.2, -0.15) is 11.8 Å². The van der Waals surface area contributed by atoms with Crippen LogP contribution in [0.5, 0.6) is 0 Å². The molecule has 0 aliphatic rings. The van der Waals surface area contributed by atoms with Crippen LogP contribution in [0.2, 0.25) is 0 Å². The van der Waals surface area contributed by atoms with Crippen LogP contribution in [-0.4, -0.2) is 17.5 Å². The molecule has 11 heavy (non-hydrogen) atoms. The molecular weight excluding hydrogens is 154 g/mol. The number of hydrogen-bond acceptors (Lipinski definition) is 2. The first-order valence-corrected chi connectivity index (χ1v) is 5.69. The largest absolute Gasteiger partial charge is 0.327 e. The van der Waals surface area contributed by atoms with Gasteiger partial charge in [-0.05, 0) is 18.1 Å². The average Bonchev–Trinajstić information content (AvgIpc) is 2.00. The van der Waals surface area contributed by atoms with Gasteiger partial charge in [-0.25, -0.2) is 0 Å². The van der Waals surface area contributed by atoms with Crippen molar-refractivity contribution in [2.45, 2.75) is 39.7 Å². The zero-order chi connectivity index (χ0) is 8.69. The highest BCUT2D eigenvalue weighted by molar-refractivity contribution is 7.99. The van der Waals surface area contributed by atoms with Gasteiger partial charge in [0.1, 0.15) is 0 Å². The van der Waals surface area contributed by atoms with Crippen molar-refractivity contribution >= 4 is 11.8 Å². The van der Waals surface area contributed by atoms with E-state index in [0.29, 0.717) is 6.04 Å². The van der Waals surface area contributed by atoms with Gasteiger partial charge in [-0.1, -0.05) is 27.2 Å². The molecule has 0 spiro atoms. The fourth-order valence-corrected chi connectivity index (χ4v) is 1.70. The predicted molar refractivity (Wildman–Crippen MR) is 55.0 cm³/mol. The minimum atomic E-state index is 0.412. The van der Waals surface area contributed by atoms with E-state index >= 15 is 0 Å². The fourth-order valence-electron chi connectivity index (χ4n) is 1.02. The molecule has 0 saturated carbocycles. The van der Waals surface area contributed by atoms with Crippen molar-refractivity contribution in [3.8, 4) is 0 Å². The van der Waals surface area contributed by atoms with Gasteiger partial charge in [0.15, 0.2) is 0 Å². The Morgan fingerprint density at radius 3 is 2.45 bits per heavy atom. The topological polar surface area (TPSA) is 26.0 Å². The Balaban J connectivity index is 3.27. The lowest BCUT2D eigenvalue weighted by atomic mass is 10.0. The summed E-state index contributed by atoms with van der Waals surface area (Å²) in [5.74, 6) is 3.11. The standard InChI is InChI=1S/C9H21NS/c1-4-8(3)6-9(10)7-11-5-2/h8-9H,4-7,10H2,1-3H3. The van der Waals surface area contributed by atoms with Crippen LogP contribution in [0.25, 0.3) is 0 Å². The van der Waals surface area contributed by atoms with Crippen molar-refractivity contribution in [2.75, 3.05) is 11.5 Å². The summed E-state index contributed by atoms with van der Waals surface area (Å²) >= 11 is 1.94. The lowest BCUT2D eigenvalue weighted by molar-refractivity contribution is 0.473. The van der Waals surface area contributed by atoms with Gasteiger partial charge in [0.2, 0.25) is 0 Å². The van der Waals surface area contributed by atoms with Crippen LogP contribution in [0.4, 0.5) is 0 Å². The number of thioether (sulfide) groups is 1. The number of hydrogen-bond donors (Lipinski definition) is 1. The van der Waals surface area contributed by atoms with Crippen molar-refractivity contribution in [1.29, 1.82) is 0 Å². The van der Waals surface area contributed by atoms with Crippen LogP contribution < -0.4 is 5.73 Å². The summed E-state index contributed by atoms with van der Waals surface area (Å²) in [5, 5.41) is 0. The summed E-state index contributed by atoms with van der Waals surface area (Å²) in [7, 11) is 0. The lowest BCUT2D eigenvalue weighted by Crippen LogP contribution is -2.25. The molecule has 2 N–H and O–H groups in total. The molecule has 1 nitrogen and oxygen atoms in total. The Labute approximate surface area is 75.1 Å². The molecule has 0 amide bonds. The Kier molecular flexibility index (Phi) is 7.18. The van der Waals surface area contributed by atoms with Crippen molar-refractivity contribution < 1.29 is 0 Å².